The fourth-order valence-electron chi connectivity index (χ4n) is 1.04. The Kier molecular flexibility index (Phi) is 4.94. The van der Waals surface area contributed by atoms with E-state index in [2.05, 4.69) is 0 Å². The van der Waals surface area contributed by atoms with E-state index in [9.17, 15) is 4.79 Å². The van der Waals surface area contributed by atoms with Crippen molar-refractivity contribution in [2.24, 2.45) is 0 Å². The molecule has 84 valence electrons. The first-order valence-electron chi connectivity index (χ1n) is 4.32. The van der Waals surface area contributed by atoms with Crippen LogP contribution in [0.2, 0.25) is 10.0 Å². The molecule has 3 nitrogen and oxygen atoms in total. The summed E-state index contributed by atoms with van der Waals surface area (Å²) in [7, 11) is 0. The number of rotatable bonds is 3. The Morgan fingerprint density at radius 2 is 2.06 bits per heavy atom. The maximum absolute atomic E-state index is 11.4. The number of hydrogen-bond donors (Lipinski definition) is 0. The van der Waals surface area contributed by atoms with Crippen LogP contribution in [0.3, 0.4) is 0 Å². The molecule has 0 aliphatic carbocycles. The number of thiocyanates is 1. The summed E-state index contributed by atoms with van der Waals surface area (Å²) in [6.45, 7) is 1.99. The highest BCUT2D eigenvalue weighted by Gasteiger charge is 2.14. The molecular formula is C10H7Cl2NO2S. The second-order valence-corrected chi connectivity index (χ2v) is 4.29. The van der Waals surface area contributed by atoms with E-state index in [1.807, 2.05) is 5.40 Å². The Bertz CT molecular complexity index is 434. The molecule has 1 aromatic rings. The number of carbonyl (C=O) groups is 1. The van der Waals surface area contributed by atoms with Crippen molar-refractivity contribution in [2.75, 3.05) is 6.61 Å². The van der Waals surface area contributed by atoms with Crippen molar-refractivity contribution >= 4 is 40.9 Å². The molecule has 1 rings (SSSR count). The van der Waals surface area contributed by atoms with Crippen molar-refractivity contribution in [3.63, 3.8) is 0 Å². The minimum Gasteiger partial charge on any atom is -0.462 e. The number of halogens is 2. The van der Waals surface area contributed by atoms with E-state index in [-0.39, 0.29) is 22.2 Å². The molecule has 16 heavy (non-hydrogen) atoms. The monoisotopic (exact) mass is 275 g/mol. The predicted octanol–water partition coefficient (Wildman–Crippen LogP) is 3.74. The normalized spacial score (nSPS) is 9.62. The van der Waals surface area contributed by atoms with Crippen LogP contribution in [0.25, 0.3) is 0 Å². The Labute approximate surface area is 107 Å². The summed E-state index contributed by atoms with van der Waals surface area (Å²) in [6, 6.07) is 2.87. The lowest BCUT2D eigenvalue weighted by Crippen LogP contribution is -2.04. The third-order valence-corrected chi connectivity index (χ3v) is 3.21. The Balaban J connectivity index is 3.10. The van der Waals surface area contributed by atoms with Gasteiger partial charge in [-0.1, -0.05) is 23.2 Å². The SMILES string of the molecule is CCOC(=O)c1cc(Cl)c(SC#N)c(Cl)c1. The lowest BCUT2D eigenvalue weighted by molar-refractivity contribution is 0.0526. The summed E-state index contributed by atoms with van der Waals surface area (Å²) in [5.74, 6) is -0.486. The van der Waals surface area contributed by atoms with Crippen LogP contribution >= 0.6 is 35.0 Å². The molecule has 0 atom stereocenters. The number of benzene rings is 1. The highest BCUT2D eigenvalue weighted by atomic mass is 35.5. The standard InChI is InChI=1S/C10H7Cl2NO2S/c1-2-15-10(14)6-3-7(11)9(16-5-13)8(12)4-6/h3-4H,2H2,1H3. The topological polar surface area (TPSA) is 50.1 Å². The van der Waals surface area contributed by atoms with Crippen LogP contribution in [0.5, 0.6) is 0 Å². The van der Waals surface area contributed by atoms with Gasteiger partial charge in [-0.25, -0.2) is 4.79 Å². The number of nitriles is 1. The summed E-state index contributed by atoms with van der Waals surface area (Å²) in [5.41, 5.74) is 0.277. The zero-order valence-electron chi connectivity index (χ0n) is 8.29. The molecule has 1 aromatic carbocycles. The van der Waals surface area contributed by atoms with Crippen molar-refractivity contribution in [1.82, 2.24) is 0 Å². The molecule has 0 aliphatic rings. The number of esters is 1. The van der Waals surface area contributed by atoms with E-state index in [1.165, 1.54) is 12.1 Å². The van der Waals surface area contributed by atoms with Crippen LogP contribution in [0, 0.1) is 10.7 Å². The van der Waals surface area contributed by atoms with Gasteiger partial charge in [0.1, 0.15) is 5.40 Å². The van der Waals surface area contributed by atoms with Gasteiger partial charge in [0, 0.05) is 0 Å². The van der Waals surface area contributed by atoms with Crippen LogP contribution in [0.15, 0.2) is 17.0 Å². The zero-order chi connectivity index (χ0) is 12.1. The highest BCUT2D eigenvalue weighted by Crippen LogP contribution is 2.34. The van der Waals surface area contributed by atoms with E-state index in [4.69, 9.17) is 33.2 Å². The molecule has 6 heteroatoms. The van der Waals surface area contributed by atoms with Crippen molar-refractivity contribution in [2.45, 2.75) is 11.8 Å². The molecule has 0 heterocycles. The first-order chi connectivity index (χ1) is 7.60. The molecule has 0 unspecified atom stereocenters. The molecule has 0 saturated carbocycles. The maximum atomic E-state index is 11.4. The van der Waals surface area contributed by atoms with E-state index in [0.717, 1.165) is 11.8 Å². The van der Waals surface area contributed by atoms with E-state index >= 15 is 0 Å². The molecule has 0 radical (unpaired) electrons. The summed E-state index contributed by atoms with van der Waals surface area (Å²) < 4.78 is 4.81. The molecule has 0 amide bonds. The first-order valence-corrected chi connectivity index (χ1v) is 5.89. The fourth-order valence-corrected chi connectivity index (χ4v) is 2.16. The number of ether oxygens (including phenoxy) is 1. The Morgan fingerprint density at radius 3 is 2.50 bits per heavy atom. The molecule has 0 spiro atoms. The average Bonchev–Trinajstić information content (AvgIpc) is 2.23. The largest absolute Gasteiger partial charge is 0.462 e. The van der Waals surface area contributed by atoms with Crippen molar-refractivity contribution in [3.05, 3.63) is 27.7 Å². The van der Waals surface area contributed by atoms with E-state index in [0.29, 0.717) is 4.90 Å². The average molecular weight is 276 g/mol. The molecule has 0 fully saturated rings. The van der Waals surface area contributed by atoms with Crippen LogP contribution in [-0.4, -0.2) is 12.6 Å². The third kappa shape index (κ3) is 3.05. The summed E-state index contributed by atoms with van der Waals surface area (Å²) in [6.07, 6.45) is 0. The lowest BCUT2D eigenvalue weighted by Gasteiger charge is -2.06. The van der Waals surface area contributed by atoms with Gasteiger partial charge in [-0.05, 0) is 30.8 Å². The highest BCUT2D eigenvalue weighted by molar-refractivity contribution is 8.04. The smallest absolute Gasteiger partial charge is 0.338 e. The number of thioether (sulfide) groups is 1. The molecular weight excluding hydrogens is 269 g/mol. The van der Waals surface area contributed by atoms with Gasteiger partial charge in [-0.15, -0.1) is 0 Å². The van der Waals surface area contributed by atoms with Crippen LogP contribution in [0.1, 0.15) is 17.3 Å². The van der Waals surface area contributed by atoms with Crippen molar-refractivity contribution in [3.8, 4) is 5.40 Å². The molecule has 0 saturated heterocycles. The number of carbonyl (C=O) groups excluding carboxylic acids is 1. The minimum atomic E-state index is -0.486. The second kappa shape index (κ2) is 6.00. The van der Waals surface area contributed by atoms with Crippen molar-refractivity contribution < 1.29 is 9.53 Å². The predicted molar refractivity (Wildman–Crippen MR) is 63.9 cm³/mol. The first kappa shape index (κ1) is 13.2. The van der Waals surface area contributed by atoms with Crippen LogP contribution in [-0.2, 0) is 4.74 Å². The summed E-state index contributed by atoms with van der Waals surface area (Å²) in [4.78, 5) is 11.9. The lowest BCUT2D eigenvalue weighted by atomic mass is 10.2. The Hall–Kier alpha value is -0.890. The Morgan fingerprint density at radius 1 is 1.50 bits per heavy atom. The van der Waals surface area contributed by atoms with Gasteiger partial charge in [0.25, 0.3) is 0 Å². The molecule has 0 aromatic heterocycles. The minimum absolute atomic E-state index is 0.266. The quantitative estimate of drug-likeness (QED) is 0.479. The molecule has 0 aliphatic heterocycles. The fraction of sp³-hybridized carbons (Fsp3) is 0.200. The number of hydrogen-bond acceptors (Lipinski definition) is 4. The summed E-state index contributed by atoms with van der Waals surface area (Å²) >= 11 is 12.6. The van der Waals surface area contributed by atoms with E-state index < -0.39 is 5.97 Å². The summed E-state index contributed by atoms with van der Waals surface area (Å²) in [5, 5.41) is 10.9. The van der Waals surface area contributed by atoms with Gasteiger partial charge >= 0.3 is 5.97 Å². The van der Waals surface area contributed by atoms with Gasteiger partial charge in [0.15, 0.2) is 0 Å². The molecule has 0 bridgehead atoms. The van der Waals surface area contributed by atoms with Crippen LogP contribution in [0.4, 0.5) is 0 Å². The third-order valence-electron chi connectivity index (χ3n) is 1.66. The van der Waals surface area contributed by atoms with E-state index in [1.54, 1.807) is 6.92 Å². The van der Waals surface area contributed by atoms with Gasteiger partial charge < -0.3 is 4.74 Å². The maximum Gasteiger partial charge on any atom is 0.338 e. The van der Waals surface area contributed by atoms with Gasteiger partial charge in [0.05, 0.1) is 27.1 Å². The van der Waals surface area contributed by atoms with Gasteiger partial charge in [-0.2, -0.15) is 5.26 Å². The second-order valence-electron chi connectivity index (χ2n) is 2.68. The molecule has 0 N–H and O–H groups in total. The zero-order valence-corrected chi connectivity index (χ0v) is 10.6. The number of nitrogens with zero attached hydrogens (tertiary/aromatic N) is 1. The van der Waals surface area contributed by atoms with Gasteiger partial charge in [-0.3, -0.25) is 0 Å². The van der Waals surface area contributed by atoms with Crippen LogP contribution < -0.4 is 0 Å². The van der Waals surface area contributed by atoms with Gasteiger partial charge in [0.2, 0.25) is 0 Å². The van der Waals surface area contributed by atoms with Crippen molar-refractivity contribution in [1.29, 1.82) is 5.26 Å².